The summed E-state index contributed by atoms with van der Waals surface area (Å²) in [6.45, 7) is 1.70. The summed E-state index contributed by atoms with van der Waals surface area (Å²) in [5.74, 6) is -1.85. The third kappa shape index (κ3) is 6.40. The first-order valence-corrected chi connectivity index (χ1v) is 14.9. The maximum Gasteiger partial charge on any atom is 0.416 e. The number of aromatic nitrogens is 4. The number of hydrogen-bond donors (Lipinski definition) is 2. The zero-order valence-electron chi connectivity index (χ0n) is 24.9. The Kier molecular flexibility index (Phi) is 8.22. The zero-order chi connectivity index (χ0) is 33.7. The Labute approximate surface area is 263 Å². The van der Waals surface area contributed by atoms with Crippen LogP contribution in [-0.2, 0) is 11.0 Å². The van der Waals surface area contributed by atoms with Crippen molar-refractivity contribution in [1.29, 1.82) is 0 Å². The summed E-state index contributed by atoms with van der Waals surface area (Å²) < 4.78 is 88.8. The van der Waals surface area contributed by atoms with Crippen molar-refractivity contribution in [3.05, 3.63) is 65.9 Å². The molecule has 2 atom stereocenters. The summed E-state index contributed by atoms with van der Waals surface area (Å²) in [6.07, 6.45) is -4.29. The third-order valence-corrected chi connectivity index (χ3v) is 8.27. The molecule has 3 aromatic heterocycles. The molecule has 47 heavy (non-hydrogen) atoms. The zero-order valence-corrected chi connectivity index (χ0v) is 24.9. The van der Waals surface area contributed by atoms with Gasteiger partial charge in [0.2, 0.25) is 5.91 Å². The van der Waals surface area contributed by atoms with E-state index in [0.717, 1.165) is 17.2 Å². The van der Waals surface area contributed by atoms with Gasteiger partial charge in [0.05, 0.1) is 12.2 Å². The Morgan fingerprint density at radius 3 is 2.47 bits per heavy atom. The number of nitrogens with two attached hydrogens (primary N) is 1. The highest BCUT2D eigenvalue weighted by Gasteiger charge is 2.51. The predicted molar refractivity (Wildman–Crippen MR) is 157 cm³/mol. The number of rotatable bonds is 7. The number of nitrogen functional groups attached to an aromatic ring is 1. The molecule has 4 heterocycles. The molecule has 248 valence electrons. The van der Waals surface area contributed by atoms with Crippen LogP contribution in [0.5, 0.6) is 5.75 Å². The smallest absolute Gasteiger partial charge is 0.416 e. The van der Waals surface area contributed by atoms with Crippen LogP contribution in [-0.4, -0.2) is 61.4 Å². The number of likely N-dealkylation sites (tertiary alicyclic amines) is 1. The second-order valence-corrected chi connectivity index (χ2v) is 11.5. The molecule has 6 rings (SSSR count). The summed E-state index contributed by atoms with van der Waals surface area (Å²) >= 11 is 0. The number of hydrogen-bond acceptors (Lipinski definition) is 7. The molecule has 3 N–H and O–H groups in total. The highest BCUT2D eigenvalue weighted by molar-refractivity contribution is 6.04. The van der Waals surface area contributed by atoms with E-state index in [-0.39, 0.29) is 48.9 Å². The highest BCUT2D eigenvalue weighted by atomic mass is 19.4. The van der Waals surface area contributed by atoms with Gasteiger partial charge in [-0.15, -0.1) is 0 Å². The van der Waals surface area contributed by atoms with Gasteiger partial charge in [-0.1, -0.05) is 0 Å². The number of imidazole rings is 1. The Balaban J connectivity index is 1.36. The second kappa shape index (κ2) is 12.0. The van der Waals surface area contributed by atoms with Gasteiger partial charge in [0, 0.05) is 48.1 Å². The molecule has 2 amide bonds. The van der Waals surface area contributed by atoms with E-state index in [2.05, 4.69) is 15.3 Å². The Hall–Kier alpha value is -4.89. The van der Waals surface area contributed by atoms with E-state index in [1.807, 2.05) is 0 Å². The fourth-order valence-corrected chi connectivity index (χ4v) is 5.89. The molecule has 2 fully saturated rings. The van der Waals surface area contributed by atoms with Crippen LogP contribution >= 0.6 is 0 Å². The highest BCUT2D eigenvalue weighted by Crippen LogP contribution is 2.43. The molecule has 0 unspecified atom stereocenters. The van der Waals surface area contributed by atoms with Gasteiger partial charge in [0.15, 0.2) is 0 Å². The molecule has 1 aliphatic carbocycles. The van der Waals surface area contributed by atoms with Crippen molar-refractivity contribution in [2.45, 2.75) is 56.9 Å². The van der Waals surface area contributed by atoms with Crippen molar-refractivity contribution in [2.75, 3.05) is 24.2 Å². The van der Waals surface area contributed by atoms with E-state index in [1.54, 1.807) is 17.5 Å². The lowest BCUT2D eigenvalue weighted by Gasteiger charge is -2.40. The fourth-order valence-electron chi connectivity index (χ4n) is 5.89. The van der Waals surface area contributed by atoms with Crippen LogP contribution in [0, 0.1) is 5.92 Å². The number of pyridine rings is 1. The number of piperidine rings is 1. The summed E-state index contributed by atoms with van der Waals surface area (Å²) in [5.41, 5.74) is 6.39. The second-order valence-electron chi connectivity index (χ2n) is 11.5. The molecule has 1 saturated heterocycles. The summed E-state index contributed by atoms with van der Waals surface area (Å²) in [7, 11) is 0. The molecular formula is C31H29F6N7O3. The number of halogens is 6. The molecule has 1 aromatic carbocycles. The molecule has 16 heteroatoms. The van der Waals surface area contributed by atoms with E-state index < -0.39 is 47.6 Å². The van der Waals surface area contributed by atoms with Gasteiger partial charge in [0.1, 0.15) is 40.5 Å². The van der Waals surface area contributed by atoms with Gasteiger partial charge in [-0.25, -0.2) is 15.0 Å². The van der Waals surface area contributed by atoms with E-state index in [1.165, 1.54) is 24.4 Å². The van der Waals surface area contributed by atoms with Crippen LogP contribution in [0.1, 0.15) is 60.3 Å². The Bertz CT molecular complexity index is 1840. The van der Waals surface area contributed by atoms with Crippen molar-refractivity contribution >= 4 is 29.0 Å². The van der Waals surface area contributed by atoms with E-state index in [0.29, 0.717) is 41.5 Å². The van der Waals surface area contributed by atoms with Crippen molar-refractivity contribution in [1.82, 2.24) is 24.3 Å². The van der Waals surface area contributed by atoms with Gasteiger partial charge >= 0.3 is 12.4 Å². The first-order valence-electron chi connectivity index (χ1n) is 14.9. The minimum Gasteiger partial charge on any atom is -0.493 e. The predicted octanol–water partition coefficient (Wildman–Crippen LogP) is 6.09. The molecule has 0 radical (unpaired) electrons. The first kappa shape index (κ1) is 32.1. The molecule has 0 spiro atoms. The normalized spacial score (nSPS) is 18.7. The summed E-state index contributed by atoms with van der Waals surface area (Å²) in [6, 6.07) is 3.96. The van der Waals surface area contributed by atoms with Gasteiger partial charge in [-0.2, -0.15) is 26.3 Å². The van der Waals surface area contributed by atoms with E-state index in [4.69, 9.17) is 15.5 Å². The Morgan fingerprint density at radius 2 is 1.79 bits per heavy atom. The monoisotopic (exact) mass is 661 g/mol. The van der Waals surface area contributed by atoms with E-state index in [9.17, 15) is 35.9 Å². The van der Waals surface area contributed by atoms with Gasteiger partial charge in [-0.3, -0.25) is 14.0 Å². The number of nitrogens with zero attached hydrogens (tertiary/aromatic N) is 5. The van der Waals surface area contributed by atoms with Gasteiger partial charge in [-0.05, 0) is 62.9 Å². The number of alkyl halides is 6. The molecule has 0 bridgehead atoms. The molecule has 1 aliphatic heterocycles. The third-order valence-electron chi connectivity index (χ3n) is 8.27. The van der Waals surface area contributed by atoms with Crippen LogP contribution in [0.15, 0.2) is 48.9 Å². The van der Waals surface area contributed by atoms with Crippen LogP contribution in [0.4, 0.5) is 38.0 Å². The lowest BCUT2D eigenvalue weighted by atomic mass is 9.91. The van der Waals surface area contributed by atoms with Crippen LogP contribution in [0.25, 0.3) is 16.8 Å². The number of ether oxygens (including phenoxy) is 1. The average molecular weight is 662 g/mol. The average Bonchev–Trinajstić information content (AvgIpc) is 3.80. The number of anilines is 2. The number of nitrogens with one attached hydrogen (secondary N) is 1. The van der Waals surface area contributed by atoms with Crippen molar-refractivity contribution in [3.8, 4) is 17.0 Å². The van der Waals surface area contributed by atoms with Crippen LogP contribution < -0.4 is 15.8 Å². The minimum absolute atomic E-state index is 0.0472. The largest absolute Gasteiger partial charge is 0.493 e. The van der Waals surface area contributed by atoms with E-state index >= 15 is 0 Å². The lowest BCUT2D eigenvalue weighted by Crippen LogP contribution is -2.53. The molecular weight excluding hydrogens is 632 g/mol. The quantitative estimate of drug-likeness (QED) is 0.230. The topological polar surface area (TPSA) is 128 Å². The van der Waals surface area contributed by atoms with Crippen LogP contribution in [0.3, 0.4) is 0 Å². The standard InChI is InChI=1S/C31H29F6N7O3/c1-2-47-21-13-17(28(45)41-23-14-19(9-10-39-23)30(32,33)34)5-7-20(21)24-25-26(38)40-11-12-43(25)27(42-24)18-6-8-22(31(35,36)37)44(15-18)29(46)16-3-4-16/h5,7,9-14,16,18,22H,2-4,6,8,15H2,1H3,(H2,38,40)(H,39,41,45)/t18-,22+/m0/s1. The van der Waals surface area contributed by atoms with Gasteiger partial charge in [0.25, 0.3) is 5.91 Å². The number of amides is 2. The maximum atomic E-state index is 14.0. The molecule has 4 aromatic rings. The molecule has 2 aliphatic rings. The number of carbonyl (C=O) groups excluding carboxylic acids is 2. The van der Waals surface area contributed by atoms with Crippen molar-refractivity contribution in [2.24, 2.45) is 5.92 Å². The fraction of sp³-hybridized carbons (Fsp3) is 0.387. The number of carbonyl (C=O) groups is 2. The van der Waals surface area contributed by atoms with Crippen molar-refractivity contribution in [3.63, 3.8) is 0 Å². The molecule has 1 saturated carbocycles. The Morgan fingerprint density at radius 1 is 1.02 bits per heavy atom. The number of fused-ring (bicyclic) bond motifs is 1. The van der Waals surface area contributed by atoms with Gasteiger partial charge < -0.3 is 20.7 Å². The molecule has 10 nitrogen and oxygen atoms in total. The first-order chi connectivity index (χ1) is 22.3. The number of benzene rings is 1. The summed E-state index contributed by atoms with van der Waals surface area (Å²) in [4.78, 5) is 39.8. The minimum atomic E-state index is -4.63. The lowest BCUT2D eigenvalue weighted by molar-refractivity contribution is -0.197. The van der Waals surface area contributed by atoms with Crippen LogP contribution in [0.2, 0.25) is 0 Å². The maximum absolute atomic E-state index is 14.0. The summed E-state index contributed by atoms with van der Waals surface area (Å²) in [5, 5.41) is 2.36. The van der Waals surface area contributed by atoms with Crippen molar-refractivity contribution < 1.29 is 40.7 Å². The SMILES string of the molecule is CCOc1cc(C(=O)Nc2cc(C(F)(F)F)ccn2)ccc1-c1nc([C@H]2CC[C@H](C(F)(F)F)N(C(=O)C3CC3)C2)n2ccnc(N)c12.